The van der Waals surface area contributed by atoms with Crippen LogP contribution in [0.4, 0.5) is 5.69 Å². The van der Waals surface area contributed by atoms with Crippen LogP contribution in [-0.4, -0.2) is 39.5 Å². The Labute approximate surface area is 198 Å². The van der Waals surface area contributed by atoms with Gasteiger partial charge >= 0.3 is 0 Å². The molecule has 0 bridgehead atoms. The van der Waals surface area contributed by atoms with Crippen molar-refractivity contribution in [1.29, 1.82) is 0 Å². The summed E-state index contributed by atoms with van der Waals surface area (Å²) in [6, 6.07) is 20.3. The summed E-state index contributed by atoms with van der Waals surface area (Å²) in [5.41, 5.74) is 1.39. The van der Waals surface area contributed by atoms with E-state index in [1.807, 2.05) is 37.3 Å². The predicted molar refractivity (Wildman–Crippen MR) is 128 cm³/mol. The summed E-state index contributed by atoms with van der Waals surface area (Å²) in [7, 11) is -2.18. The first-order chi connectivity index (χ1) is 15.8. The first-order valence-corrected chi connectivity index (χ1v) is 12.1. The zero-order chi connectivity index (χ0) is 23.8. The number of benzene rings is 3. The third-order valence-electron chi connectivity index (χ3n) is 4.67. The van der Waals surface area contributed by atoms with Crippen LogP contribution in [0.3, 0.4) is 0 Å². The molecular formula is C24H25ClN2O5S. The highest BCUT2D eigenvalue weighted by Crippen LogP contribution is 2.28. The van der Waals surface area contributed by atoms with E-state index in [2.05, 4.69) is 4.72 Å². The monoisotopic (exact) mass is 488 g/mol. The summed E-state index contributed by atoms with van der Waals surface area (Å²) in [4.78, 5) is 13.9. The maximum absolute atomic E-state index is 12.7. The van der Waals surface area contributed by atoms with Crippen molar-refractivity contribution in [3.63, 3.8) is 0 Å². The number of carbonyl (C=O) groups is 1. The molecule has 9 heteroatoms. The Morgan fingerprint density at radius 1 is 1.00 bits per heavy atom. The lowest BCUT2D eigenvalue weighted by Crippen LogP contribution is -2.31. The Bertz CT molecular complexity index is 1190. The second-order valence-electron chi connectivity index (χ2n) is 7.18. The summed E-state index contributed by atoms with van der Waals surface area (Å²) in [5.74, 6) is 0.635. The number of sulfonamides is 1. The van der Waals surface area contributed by atoms with Gasteiger partial charge in [-0.2, -0.15) is 0 Å². The molecule has 0 aliphatic heterocycles. The lowest BCUT2D eigenvalue weighted by Gasteiger charge is -2.18. The zero-order valence-electron chi connectivity index (χ0n) is 18.3. The number of likely N-dealkylation sites (N-methyl/N-ethyl adjacent to an activating group) is 1. The van der Waals surface area contributed by atoms with Crippen molar-refractivity contribution in [1.82, 2.24) is 4.90 Å². The fourth-order valence-corrected chi connectivity index (χ4v) is 4.35. The first kappa shape index (κ1) is 24.4. The highest BCUT2D eigenvalue weighted by Gasteiger charge is 2.18. The average molecular weight is 489 g/mol. The molecule has 0 aliphatic rings. The number of hydrogen-bond donors (Lipinski definition) is 1. The highest BCUT2D eigenvalue weighted by molar-refractivity contribution is 7.92. The topological polar surface area (TPSA) is 84.9 Å². The molecule has 3 aromatic carbocycles. The van der Waals surface area contributed by atoms with E-state index in [1.165, 1.54) is 18.2 Å². The van der Waals surface area contributed by atoms with Gasteiger partial charge in [0, 0.05) is 19.3 Å². The molecule has 0 unspecified atom stereocenters. The fraction of sp³-hybridized carbons (Fsp3) is 0.208. The second-order valence-corrected chi connectivity index (χ2v) is 9.27. The zero-order valence-corrected chi connectivity index (χ0v) is 19.9. The van der Waals surface area contributed by atoms with Gasteiger partial charge in [-0.3, -0.25) is 9.52 Å². The van der Waals surface area contributed by atoms with Crippen molar-refractivity contribution in [2.75, 3.05) is 25.0 Å². The minimum atomic E-state index is -3.86. The fourth-order valence-electron chi connectivity index (χ4n) is 2.96. The molecule has 0 atom stereocenters. The Morgan fingerprint density at radius 3 is 2.33 bits per heavy atom. The SMILES string of the molecule is CCOc1ccc(NS(=O)(=O)c2ccc(OCC(=O)N(C)Cc3ccccc3)c(Cl)c2)cc1. The minimum absolute atomic E-state index is 0.0266. The van der Waals surface area contributed by atoms with Crippen molar-refractivity contribution < 1.29 is 22.7 Å². The van der Waals surface area contributed by atoms with Crippen LogP contribution in [-0.2, 0) is 21.4 Å². The maximum Gasteiger partial charge on any atom is 0.261 e. The Hall–Kier alpha value is -3.23. The van der Waals surface area contributed by atoms with Crippen molar-refractivity contribution in [3.8, 4) is 11.5 Å². The Kier molecular flexibility index (Phi) is 8.19. The lowest BCUT2D eigenvalue weighted by molar-refractivity contribution is -0.132. The predicted octanol–water partition coefficient (Wildman–Crippen LogP) is 4.58. The van der Waals surface area contributed by atoms with E-state index in [-0.39, 0.29) is 28.2 Å². The molecule has 33 heavy (non-hydrogen) atoms. The third-order valence-corrected chi connectivity index (χ3v) is 6.34. The number of rotatable bonds is 10. The molecule has 0 spiro atoms. The van der Waals surface area contributed by atoms with Gasteiger partial charge in [0.2, 0.25) is 0 Å². The van der Waals surface area contributed by atoms with Crippen LogP contribution in [0.15, 0.2) is 77.7 Å². The van der Waals surface area contributed by atoms with E-state index in [9.17, 15) is 13.2 Å². The van der Waals surface area contributed by atoms with Gasteiger partial charge in [0.05, 0.1) is 16.5 Å². The molecule has 1 N–H and O–H groups in total. The second kappa shape index (κ2) is 11.1. The van der Waals surface area contributed by atoms with Crippen LogP contribution in [0.1, 0.15) is 12.5 Å². The quantitative estimate of drug-likeness (QED) is 0.451. The van der Waals surface area contributed by atoms with Gasteiger partial charge in [-0.15, -0.1) is 0 Å². The summed E-state index contributed by atoms with van der Waals surface area (Å²) in [5, 5.41) is 0.0862. The molecular weight excluding hydrogens is 464 g/mol. The minimum Gasteiger partial charge on any atom is -0.494 e. The molecule has 0 fully saturated rings. The van der Waals surface area contributed by atoms with Crippen molar-refractivity contribution >= 4 is 33.2 Å². The number of halogens is 1. The number of hydrogen-bond acceptors (Lipinski definition) is 5. The molecule has 0 saturated heterocycles. The molecule has 1 amide bonds. The standard InChI is InChI=1S/C24H25ClN2O5S/c1-3-31-20-11-9-19(10-12-20)26-33(29,30)21-13-14-23(22(25)15-21)32-17-24(28)27(2)16-18-7-5-4-6-8-18/h4-15,26H,3,16-17H2,1-2H3. The van der Waals surface area contributed by atoms with Gasteiger partial charge in [0.15, 0.2) is 6.61 Å². The van der Waals surface area contributed by atoms with E-state index < -0.39 is 10.0 Å². The normalized spacial score (nSPS) is 11.0. The van der Waals surface area contributed by atoms with E-state index >= 15 is 0 Å². The summed E-state index contributed by atoms with van der Waals surface area (Å²) in [6.45, 7) is 2.62. The van der Waals surface area contributed by atoms with E-state index in [0.717, 1.165) is 5.56 Å². The molecule has 0 saturated carbocycles. The largest absolute Gasteiger partial charge is 0.494 e. The van der Waals surface area contributed by atoms with Gasteiger partial charge in [-0.05, 0) is 55.0 Å². The number of amides is 1. The number of nitrogens with one attached hydrogen (secondary N) is 1. The van der Waals surface area contributed by atoms with E-state index in [4.69, 9.17) is 21.1 Å². The molecule has 0 aromatic heterocycles. The van der Waals surface area contributed by atoms with E-state index in [0.29, 0.717) is 24.6 Å². The van der Waals surface area contributed by atoms with Gasteiger partial charge < -0.3 is 14.4 Å². The molecule has 174 valence electrons. The molecule has 3 aromatic rings. The summed E-state index contributed by atoms with van der Waals surface area (Å²) < 4.78 is 38.8. The van der Waals surface area contributed by atoms with Crippen LogP contribution in [0.25, 0.3) is 0 Å². The van der Waals surface area contributed by atoms with Gasteiger partial charge in [-0.1, -0.05) is 41.9 Å². The van der Waals surface area contributed by atoms with Crippen LogP contribution < -0.4 is 14.2 Å². The maximum atomic E-state index is 12.7. The van der Waals surface area contributed by atoms with Crippen LogP contribution in [0.5, 0.6) is 11.5 Å². The number of ether oxygens (including phenoxy) is 2. The van der Waals surface area contributed by atoms with Crippen molar-refractivity contribution in [2.45, 2.75) is 18.4 Å². The molecule has 3 rings (SSSR count). The average Bonchev–Trinajstić information content (AvgIpc) is 2.80. The lowest BCUT2D eigenvalue weighted by atomic mass is 10.2. The van der Waals surface area contributed by atoms with Gasteiger partial charge in [0.25, 0.3) is 15.9 Å². The van der Waals surface area contributed by atoms with Crippen molar-refractivity contribution in [3.05, 3.63) is 83.4 Å². The Morgan fingerprint density at radius 2 is 1.70 bits per heavy atom. The first-order valence-electron chi connectivity index (χ1n) is 10.2. The van der Waals surface area contributed by atoms with Crippen LogP contribution >= 0.6 is 11.6 Å². The third kappa shape index (κ3) is 6.87. The number of carbonyl (C=O) groups excluding carboxylic acids is 1. The van der Waals surface area contributed by atoms with E-state index in [1.54, 1.807) is 36.2 Å². The summed E-state index contributed by atoms with van der Waals surface area (Å²) in [6.07, 6.45) is 0. The molecule has 7 nitrogen and oxygen atoms in total. The van der Waals surface area contributed by atoms with Gasteiger partial charge in [-0.25, -0.2) is 8.42 Å². The van der Waals surface area contributed by atoms with Crippen molar-refractivity contribution in [2.24, 2.45) is 0 Å². The molecule has 0 heterocycles. The molecule has 0 radical (unpaired) electrons. The smallest absolute Gasteiger partial charge is 0.261 e. The summed E-state index contributed by atoms with van der Waals surface area (Å²) >= 11 is 6.23. The highest BCUT2D eigenvalue weighted by atomic mass is 35.5. The van der Waals surface area contributed by atoms with Crippen LogP contribution in [0.2, 0.25) is 5.02 Å². The van der Waals surface area contributed by atoms with Gasteiger partial charge in [0.1, 0.15) is 11.5 Å². The Balaban J connectivity index is 1.61. The molecule has 0 aliphatic carbocycles. The number of anilines is 1. The van der Waals surface area contributed by atoms with Crippen LogP contribution in [0, 0.1) is 0 Å². The number of nitrogens with zero attached hydrogens (tertiary/aromatic N) is 1.